The fourth-order valence-corrected chi connectivity index (χ4v) is 5.76. The first kappa shape index (κ1) is 24.5. The third kappa shape index (κ3) is 7.76. The van der Waals surface area contributed by atoms with Crippen molar-refractivity contribution in [2.24, 2.45) is 17.8 Å². The maximum absolute atomic E-state index is 13.4. The Morgan fingerprint density at radius 1 is 0.862 bits per heavy atom. The van der Waals surface area contributed by atoms with E-state index in [4.69, 9.17) is 4.74 Å². The number of hydrogen-bond acceptors (Lipinski definition) is 2. The van der Waals surface area contributed by atoms with Gasteiger partial charge in [0.25, 0.3) is 0 Å². The van der Waals surface area contributed by atoms with Gasteiger partial charge in [0, 0.05) is 0 Å². The molecule has 0 aliphatic heterocycles. The van der Waals surface area contributed by atoms with Crippen molar-refractivity contribution in [3.8, 4) is 0 Å². The zero-order valence-corrected chi connectivity index (χ0v) is 19.7. The molecule has 2 nitrogen and oxygen atoms in total. The minimum atomic E-state index is -0.231. The van der Waals surface area contributed by atoms with Crippen LogP contribution in [0.25, 0.3) is 0 Å². The second-order valence-corrected chi connectivity index (χ2v) is 9.95. The molecule has 0 heterocycles. The molecule has 0 aromatic heterocycles. The van der Waals surface area contributed by atoms with E-state index in [1.54, 1.807) is 0 Å². The normalized spacial score (nSPS) is 20.8. The molecule has 2 heteroatoms. The van der Waals surface area contributed by atoms with Gasteiger partial charge < -0.3 is 4.74 Å². The summed E-state index contributed by atoms with van der Waals surface area (Å²) < 4.78 is 6.57. The van der Waals surface area contributed by atoms with Crippen LogP contribution in [0.3, 0.4) is 0 Å². The van der Waals surface area contributed by atoms with E-state index in [1.165, 1.54) is 77.0 Å². The third-order valence-electron chi connectivity index (χ3n) is 7.67. The molecule has 1 atom stereocenters. The summed E-state index contributed by atoms with van der Waals surface area (Å²) in [5.74, 6) is 1.35. The first-order chi connectivity index (χ1) is 14.1. The van der Waals surface area contributed by atoms with Gasteiger partial charge in [-0.3, -0.25) is 4.79 Å². The number of hydrogen-bond donors (Lipinski definition) is 0. The lowest BCUT2D eigenvalue weighted by atomic mass is 9.67. The Bertz CT molecular complexity index is 451. The number of carbonyl (C=O) groups excluding carboxylic acids is 1. The Labute approximate surface area is 181 Å². The zero-order valence-electron chi connectivity index (χ0n) is 19.7. The summed E-state index contributed by atoms with van der Waals surface area (Å²) in [4.78, 5) is 13.4. The zero-order chi connectivity index (χ0) is 21.0. The van der Waals surface area contributed by atoms with Crippen molar-refractivity contribution < 1.29 is 9.53 Å². The fraction of sp³-hybridized carbons (Fsp3) is 0.889. The first-order valence-corrected chi connectivity index (χ1v) is 13.0. The third-order valence-corrected chi connectivity index (χ3v) is 7.67. The van der Waals surface area contributed by atoms with Crippen LogP contribution in [-0.4, -0.2) is 11.6 Å². The van der Waals surface area contributed by atoms with Crippen LogP contribution in [0.5, 0.6) is 0 Å². The van der Waals surface area contributed by atoms with Gasteiger partial charge in [0.15, 0.2) is 0 Å². The largest absolute Gasteiger partial charge is 0.459 e. The highest BCUT2D eigenvalue weighted by atomic mass is 16.6. The van der Waals surface area contributed by atoms with Crippen molar-refractivity contribution in [2.75, 3.05) is 0 Å². The average Bonchev–Trinajstić information content (AvgIpc) is 2.76. The van der Waals surface area contributed by atoms with Crippen molar-refractivity contribution in [1.29, 1.82) is 0 Å². The second-order valence-electron chi connectivity index (χ2n) is 9.95. The average molecular weight is 405 g/mol. The Balaban J connectivity index is 2.00. The molecule has 0 bridgehead atoms. The minimum absolute atomic E-state index is 0.0890. The van der Waals surface area contributed by atoms with E-state index in [0.717, 1.165) is 32.1 Å². The van der Waals surface area contributed by atoms with Gasteiger partial charge in [-0.05, 0) is 76.5 Å². The smallest absolute Gasteiger partial charge is 0.309 e. The molecule has 29 heavy (non-hydrogen) atoms. The fourth-order valence-electron chi connectivity index (χ4n) is 5.76. The van der Waals surface area contributed by atoms with Gasteiger partial charge in [0.05, 0.1) is 5.92 Å². The molecule has 2 aliphatic carbocycles. The molecule has 168 valence electrons. The van der Waals surface area contributed by atoms with E-state index in [1.807, 2.05) is 0 Å². The highest BCUT2D eigenvalue weighted by Crippen LogP contribution is 2.45. The van der Waals surface area contributed by atoms with Gasteiger partial charge in [-0.25, -0.2) is 0 Å². The van der Waals surface area contributed by atoms with Crippen molar-refractivity contribution in [1.82, 2.24) is 0 Å². The van der Waals surface area contributed by atoms with E-state index in [-0.39, 0.29) is 17.5 Å². The van der Waals surface area contributed by atoms with Crippen LogP contribution >= 0.6 is 0 Å². The van der Waals surface area contributed by atoms with Gasteiger partial charge in [-0.2, -0.15) is 0 Å². The maximum Gasteiger partial charge on any atom is 0.309 e. The van der Waals surface area contributed by atoms with Gasteiger partial charge in [-0.15, -0.1) is 0 Å². The Kier molecular flexibility index (Phi) is 11.4. The van der Waals surface area contributed by atoms with Crippen molar-refractivity contribution in [3.63, 3.8) is 0 Å². The molecular weight excluding hydrogens is 356 g/mol. The molecule has 2 rings (SSSR count). The number of rotatable bonds is 12. The maximum atomic E-state index is 13.4. The van der Waals surface area contributed by atoms with E-state index in [0.29, 0.717) is 11.8 Å². The van der Waals surface area contributed by atoms with Gasteiger partial charge in [0.2, 0.25) is 0 Å². The van der Waals surface area contributed by atoms with Crippen molar-refractivity contribution in [3.05, 3.63) is 12.2 Å². The van der Waals surface area contributed by atoms with E-state index in [9.17, 15) is 4.79 Å². The predicted octanol–water partition coefficient (Wildman–Crippen LogP) is 8.39. The molecule has 2 saturated carbocycles. The molecule has 2 fully saturated rings. The van der Waals surface area contributed by atoms with Crippen LogP contribution < -0.4 is 0 Å². The summed E-state index contributed by atoms with van der Waals surface area (Å²) in [6.07, 6.45) is 25.1. The van der Waals surface area contributed by atoms with E-state index < -0.39 is 0 Å². The summed E-state index contributed by atoms with van der Waals surface area (Å²) >= 11 is 0. The molecule has 1 unspecified atom stereocenters. The number of allylic oxidation sites excluding steroid dienone is 2. The number of ether oxygens (including phenoxy) is 1. The lowest BCUT2D eigenvalue weighted by Crippen LogP contribution is -2.48. The van der Waals surface area contributed by atoms with Gasteiger partial charge in [-0.1, -0.05) is 77.4 Å². The Hall–Kier alpha value is -0.790. The van der Waals surface area contributed by atoms with Crippen LogP contribution in [0, 0.1) is 17.8 Å². The summed E-state index contributed by atoms with van der Waals surface area (Å²) in [5, 5.41) is 0. The summed E-state index contributed by atoms with van der Waals surface area (Å²) in [6, 6.07) is 0. The van der Waals surface area contributed by atoms with Crippen molar-refractivity contribution in [2.45, 2.75) is 136 Å². The van der Waals surface area contributed by atoms with Crippen molar-refractivity contribution >= 4 is 5.97 Å². The van der Waals surface area contributed by atoms with Crippen LogP contribution in [0.4, 0.5) is 0 Å². The standard InChI is InChI=1S/C27H48O2/c1-4-6-7-8-9-12-18-23(17-5-2)26(28)29-27(3,24-19-13-10-14-20-24)25-21-15-11-16-22-25/h7-8,23-25H,4-6,9-22H2,1-3H3. The van der Waals surface area contributed by atoms with E-state index in [2.05, 4.69) is 32.9 Å². The van der Waals surface area contributed by atoms with Crippen LogP contribution in [-0.2, 0) is 9.53 Å². The second kappa shape index (κ2) is 13.5. The van der Waals surface area contributed by atoms with Crippen LogP contribution in [0.2, 0.25) is 0 Å². The molecule has 0 spiro atoms. The Morgan fingerprint density at radius 2 is 1.41 bits per heavy atom. The molecule has 0 saturated heterocycles. The Morgan fingerprint density at radius 3 is 1.93 bits per heavy atom. The number of carbonyl (C=O) groups is 1. The minimum Gasteiger partial charge on any atom is -0.459 e. The van der Waals surface area contributed by atoms with Crippen LogP contribution in [0.15, 0.2) is 12.2 Å². The predicted molar refractivity (Wildman–Crippen MR) is 124 cm³/mol. The lowest BCUT2D eigenvalue weighted by Gasteiger charge is -2.46. The highest BCUT2D eigenvalue weighted by molar-refractivity contribution is 5.73. The SMILES string of the molecule is CCCC=CCCCC(CCC)C(=O)OC(C)(C1CCCCC1)C1CCCCC1. The van der Waals surface area contributed by atoms with Crippen LogP contribution in [0.1, 0.15) is 130 Å². The molecular formula is C27H48O2. The molecule has 0 N–H and O–H groups in total. The highest BCUT2D eigenvalue weighted by Gasteiger charge is 2.45. The summed E-state index contributed by atoms with van der Waals surface area (Å²) in [5.41, 5.74) is -0.231. The molecule has 0 amide bonds. The number of unbranched alkanes of at least 4 members (excludes halogenated alkanes) is 2. The first-order valence-electron chi connectivity index (χ1n) is 13.0. The van der Waals surface area contributed by atoms with E-state index >= 15 is 0 Å². The number of esters is 1. The topological polar surface area (TPSA) is 26.3 Å². The molecule has 0 aromatic rings. The van der Waals surface area contributed by atoms with Gasteiger partial charge >= 0.3 is 5.97 Å². The summed E-state index contributed by atoms with van der Waals surface area (Å²) in [7, 11) is 0. The molecule has 0 radical (unpaired) electrons. The molecule has 0 aromatic carbocycles. The summed E-state index contributed by atoms with van der Waals surface area (Å²) in [6.45, 7) is 6.73. The van der Waals surface area contributed by atoms with Gasteiger partial charge in [0.1, 0.15) is 5.60 Å². The molecule has 2 aliphatic rings. The lowest BCUT2D eigenvalue weighted by molar-refractivity contribution is -0.182. The quantitative estimate of drug-likeness (QED) is 0.185. The monoisotopic (exact) mass is 404 g/mol.